The van der Waals surface area contributed by atoms with E-state index >= 15 is 0 Å². The quantitative estimate of drug-likeness (QED) is 0.135. The van der Waals surface area contributed by atoms with Crippen molar-refractivity contribution in [2.24, 2.45) is 0 Å². The molecule has 0 amide bonds. The summed E-state index contributed by atoms with van der Waals surface area (Å²) in [5, 5.41) is 4.59. The fraction of sp³-hybridized carbons (Fsp3) is 0.296. The summed E-state index contributed by atoms with van der Waals surface area (Å²) in [5.74, 6) is 0. The van der Waals surface area contributed by atoms with Crippen LogP contribution in [-0.2, 0) is 22.7 Å². The van der Waals surface area contributed by atoms with Gasteiger partial charge in [0.15, 0.2) is 0 Å². The summed E-state index contributed by atoms with van der Waals surface area (Å²) < 4.78 is 0. The second-order valence-electron chi connectivity index (χ2n) is 18.5. The van der Waals surface area contributed by atoms with Gasteiger partial charge in [-0.25, -0.2) is 0 Å². The van der Waals surface area contributed by atoms with Crippen LogP contribution in [0.1, 0.15) is 108 Å². The highest BCUT2D eigenvalue weighted by Gasteiger charge is 2.15. The second-order valence-corrected chi connectivity index (χ2v) is 24.1. The van der Waals surface area contributed by atoms with Crippen LogP contribution in [0.3, 0.4) is 0 Å². The Bertz CT molecular complexity index is 1960. The van der Waals surface area contributed by atoms with Gasteiger partial charge in [0.25, 0.3) is 0 Å². The molecule has 0 N–H and O–H groups in total. The van der Waals surface area contributed by atoms with E-state index in [-0.39, 0.29) is 35.3 Å². The Morgan fingerprint density at radius 3 is 1.28 bits per heavy atom. The summed E-state index contributed by atoms with van der Waals surface area (Å²) in [6.45, 7) is 26.4. The largest absolute Gasteiger partial charge is 0.0985 e. The van der Waals surface area contributed by atoms with Gasteiger partial charge in [0.2, 0.25) is 0 Å². The van der Waals surface area contributed by atoms with Gasteiger partial charge in [0, 0.05) is 10.2 Å². The number of hydrogen-bond donors (Lipinski definition) is 0. The lowest BCUT2D eigenvalue weighted by Gasteiger charge is -2.20. The first-order valence-corrected chi connectivity index (χ1v) is 25.2. The molecular weight excluding hydrogens is 733 g/mol. The molecule has 1 unspecified atom stereocenters. The third-order valence-corrected chi connectivity index (χ3v) is 14.7. The molecule has 0 spiro atoms. The highest BCUT2D eigenvalue weighted by Crippen LogP contribution is 2.25. The summed E-state index contributed by atoms with van der Waals surface area (Å²) in [6, 6.07) is 60.7. The Labute approximate surface area is 356 Å². The standard InChI is InChI=1S/2C18H24Si.C12H16.C6H8Si/c1-14(19-17-8-6-5-7-9-17)15-10-12-16(13-11-15)18(2,3)4;1-18(2,3)16-11-9-15(10-12-16)13-14-19-17-7-5-4-6-8-17;1-5-10-6-8-11(9-7-10)12(2,3)4;7-6-4-2-1-3-5-6/h5-14H,19H2,1-4H3;4-12H,13-14,19H2,1-3H3;5-9H,1H2,2-4H3;1-5H,7H3. The van der Waals surface area contributed by atoms with Crippen molar-refractivity contribution in [3.8, 4) is 0 Å². The van der Waals surface area contributed by atoms with E-state index in [4.69, 9.17) is 0 Å². The van der Waals surface area contributed by atoms with E-state index in [1.165, 1.54) is 61.3 Å². The van der Waals surface area contributed by atoms with Crippen molar-refractivity contribution in [1.82, 2.24) is 0 Å². The Hall–Kier alpha value is -4.29. The molecule has 0 saturated heterocycles. The zero-order chi connectivity index (χ0) is 41.9. The Kier molecular flexibility index (Phi) is 19.2. The van der Waals surface area contributed by atoms with E-state index < -0.39 is 0 Å². The highest BCUT2D eigenvalue weighted by atomic mass is 28.2. The molecule has 57 heavy (non-hydrogen) atoms. The van der Waals surface area contributed by atoms with Crippen LogP contribution >= 0.6 is 0 Å². The molecule has 300 valence electrons. The fourth-order valence-corrected chi connectivity index (χ4v) is 10.1. The van der Waals surface area contributed by atoms with Gasteiger partial charge in [-0.05, 0) is 61.6 Å². The van der Waals surface area contributed by atoms with Gasteiger partial charge in [-0.3, -0.25) is 0 Å². The van der Waals surface area contributed by atoms with E-state index in [1.54, 1.807) is 10.4 Å². The van der Waals surface area contributed by atoms with Crippen LogP contribution < -0.4 is 15.6 Å². The molecule has 0 saturated carbocycles. The number of rotatable bonds is 8. The van der Waals surface area contributed by atoms with Gasteiger partial charge in [-0.2, -0.15) is 0 Å². The zero-order valence-corrected chi connectivity index (χ0v) is 42.1. The molecule has 0 fully saturated rings. The van der Waals surface area contributed by atoms with E-state index in [2.05, 4.69) is 234 Å². The lowest BCUT2D eigenvalue weighted by atomic mass is 9.86. The lowest BCUT2D eigenvalue weighted by molar-refractivity contribution is 0.589. The van der Waals surface area contributed by atoms with E-state index in [0.717, 1.165) is 0 Å². The maximum Gasteiger partial charge on any atom is 0.0620 e. The summed E-state index contributed by atoms with van der Waals surface area (Å²) in [7, 11) is 0.850. The van der Waals surface area contributed by atoms with E-state index in [0.29, 0.717) is 5.54 Å². The van der Waals surface area contributed by atoms with Gasteiger partial charge in [0.1, 0.15) is 0 Å². The van der Waals surface area contributed by atoms with Crippen molar-refractivity contribution in [2.75, 3.05) is 0 Å². The molecular formula is C54H72Si3. The number of benzene rings is 6. The molecule has 6 aromatic carbocycles. The molecule has 0 heterocycles. The molecule has 3 heteroatoms. The summed E-state index contributed by atoms with van der Waals surface area (Å²) in [6.07, 6.45) is 3.10. The van der Waals surface area contributed by atoms with Crippen LogP contribution in [0.25, 0.3) is 6.08 Å². The molecule has 6 aromatic rings. The third-order valence-electron chi connectivity index (χ3n) is 10.3. The van der Waals surface area contributed by atoms with E-state index in [9.17, 15) is 0 Å². The van der Waals surface area contributed by atoms with Crippen molar-refractivity contribution in [2.45, 2.75) is 103 Å². The number of aryl methyl sites for hydroxylation is 1. The van der Waals surface area contributed by atoms with Crippen molar-refractivity contribution in [3.63, 3.8) is 0 Å². The predicted molar refractivity (Wildman–Crippen MR) is 268 cm³/mol. The molecule has 6 rings (SSSR count). The van der Waals surface area contributed by atoms with Gasteiger partial charge in [-0.15, -0.1) is 0 Å². The zero-order valence-electron chi connectivity index (χ0n) is 37.3. The highest BCUT2D eigenvalue weighted by molar-refractivity contribution is 6.55. The molecule has 1 atom stereocenters. The van der Waals surface area contributed by atoms with Gasteiger partial charge < -0.3 is 0 Å². The lowest BCUT2D eigenvalue weighted by Crippen LogP contribution is -2.20. The normalized spacial score (nSPS) is 12.2. The van der Waals surface area contributed by atoms with Crippen LogP contribution in [0.4, 0.5) is 0 Å². The van der Waals surface area contributed by atoms with E-state index in [1.807, 2.05) is 12.1 Å². The molecule has 0 radical (unpaired) electrons. The monoisotopic (exact) mass is 804 g/mol. The van der Waals surface area contributed by atoms with Crippen molar-refractivity contribution in [1.29, 1.82) is 0 Å². The fourth-order valence-electron chi connectivity index (χ4n) is 6.36. The van der Waals surface area contributed by atoms with Crippen molar-refractivity contribution in [3.05, 3.63) is 204 Å². The van der Waals surface area contributed by atoms with Gasteiger partial charge in [0.05, 0.1) is 19.0 Å². The van der Waals surface area contributed by atoms with Gasteiger partial charge in [-0.1, -0.05) is 267 Å². The maximum absolute atomic E-state index is 3.72. The Morgan fingerprint density at radius 2 is 0.895 bits per heavy atom. The molecule has 0 aliphatic heterocycles. The molecule has 0 aliphatic rings. The first kappa shape index (κ1) is 47.1. The van der Waals surface area contributed by atoms with Crippen LogP contribution in [0, 0.1) is 0 Å². The van der Waals surface area contributed by atoms with Crippen LogP contribution in [0.2, 0.25) is 6.04 Å². The topological polar surface area (TPSA) is 0 Å². The number of hydrogen-bond acceptors (Lipinski definition) is 0. The van der Waals surface area contributed by atoms with Crippen molar-refractivity contribution < 1.29 is 0 Å². The molecule has 0 aliphatic carbocycles. The first-order valence-electron chi connectivity index (χ1n) is 21.0. The smallest absolute Gasteiger partial charge is 0.0620 e. The summed E-state index contributed by atoms with van der Waals surface area (Å²) in [4.78, 5) is 0. The SMILES string of the molecule is C=Cc1ccc(C(C)(C)C)cc1.CC(C)(C)c1ccc(CC[SiH2]c2ccccc2)cc1.CC([SiH2]c1ccccc1)c1ccc(C(C)(C)C)cc1.[SiH3]c1ccccc1. The van der Waals surface area contributed by atoms with Crippen LogP contribution in [-0.4, -0.2) is 29.3 Å². The van der Waals surface area contributed by atoms with Crippen molar-refractivity contribution >= 4 is 50.9 Å². The minimum Gasteiger partial charge on any atom is -0.0985 e. The predicted octanol–water partition coefficient (Wildman–Crippen LogP) is 10.3. The third kappa shape index (κ3) is 18.2. The van der Waals surface area contributed by atoms with Gasteiger partial charge >= 0.3 is 0 Å². The minimum atomic E-state index is -0.232. The Balaban J connectivity index is 0.000000215. The average Bonchev–Trinajstić information content (AvgIpc) is 3.19. The molecule has 0 bridgehead atoms. The second kappa shape index (κ2) is 23.2. The van der Waals surface area contributed by atoms with Crippen LogP contribution in [0.5, 0.6) is 0 Å². The Morgan fingerprint density at radius 1 is 0.509 bits per heavy atom. The first-order chi connectivity index (χ1) is 27.0. The molecule has 0 nitrogen and oxygen atoms in total. The minimum absolute atomic E-state index is 0.0923. The maximum atomic E-state index is 3.72. The van der Waals surface area contributed by atoms with Crippen LogP contribution in [0.15, 0.2) is 170 Å². The molecule has 0 aromatic heterocycles. The summed E-state index contributed by atoms with van der Waals surface area (Å²) >= 11 is 0. The average molecular weight is 805 g/mol. The summed E-state index contributed by atoms with van der Waals surface area (Å²) in [5.41, 5.74) is 9.84.